The van der Waals surface area contributed by atoms with Crippen molar-refractivity contribution in [2.24, 2.45) is 11.8 Å². The molecule has 0 saturated carbocycles. The fraction of sp³-hybridized carbons (Fsp3) is 0.500. The molecule has 1 aliphatic heterocycles. The van der Waals surface area contributed by atoms with Crippen LogP contribution in [0.2, 0.25) is 5.02 Å². The van der Waals surface area contributed by atoms with Gasteiger partial charge in [-0.1, -0.05) is 23.7 Å². The normalized spacial score (nSPS) is 19.2. The molecular formula is C12H16ClFN2O. The number of nitrogens with one attached hydrogen (secondary N) is 1. The van der Waals surface area contributed by atoms with Crippen LogP contribution in [-0.4, -0.2) is 13.2 Å². The third-order valence-electron chi connectivity index (χ3n) is 3.23. The zero-order valence-electron chi connectivity index (χ0n) is 9.46. The molecule has 1 atom stereocenters. The first-order valence-corrected chi connectivity index (χ1v) is 6.09. The molecule has 1 heterocycles. The van der Waals surface area contributed by atoms with Crippen molar-refractivity contribution in [3.63, 3.8) is 0 Å². The van der Waals surface area contributed by atoms with E-state index in [1.165, 1.54) is 6.07 Å². The van der Waals surface area contributed by atoms with Crippen molar-refractivity contribution in [2.75, 3.05) is 13.2 Å². The summed E-state index contributed by atoms with van der Waals surface area (Å²) in [6.07, 6.45) is 1.75. The molecule has 0 bridgehead atoms. The fourth-order valence-corrected chi connectivity index (χ4v) is 2.47. The van der Waals surface area contributed by atoms with Gasteiger partial charge in [-0.3, -0.25) is 11.3 Å². The first kappa shape index (κ1) is 12.8. The Balaban J connectivity index is 2.24. The Morgan fingerprint density at radius 1 is 1.41 bits per heavy atom. The van der Waals surface area contributed by atoms with Gasteiger partial charge in [0.05, 0.1) is 11.1 Å². The maximum Gasteiger partial charge on any atom is 0.146 e. The number of rotatable bonds is 3. The van der Waals surface area contributed by atoms with Crippen molar-refractivity contribution >= 4 is 11.6 Å². The SMILES string of the molecule is NNC(c1cccc(Cl)c1F)C1CCOCC1. The lowest BCUT2D eigenvalue weighted by molar-refractivity contribution is 0.0531. The molecule has 1 fully saturated rings. The number of ether oxygens (including phenoxy) is 1. The molecule has 17 heavy (non-hydrogen) atoms. The summed E-state index contributed by atoms with van der Waals surface area (Å²) in [5.74, 6) is 5.45. The van der Waals surface area contributed by atoms with Gasteiger partial charge in [0.15, 0.2) is 0 Å². The first-order valence-electron chi connectivity index (χ1n) is 5.72. The van der Waals surface area contributed by atoms with Gasteiger partial charge in [-0.25, -0.2) is 4.39 Å². The molecule has 0 radical (unpaired) electrons. The van der Waals surface area contributed by atoms with Crippen molar-refractivity contribution in [2.45, 2.75) is 18.9 Å². The Labute approximate surface area is 105 Å². The average molecular weight is 259 g/mol. The standard InChI is InChI=1S/C12H16ClFN2O/c13-10-3-1-2-9(11(10)14)12(16-15)8-4-6-17-7-5-8/h1-3,8,12,16H,4-7,15H2. The minimum atomic E-state index is -0.386. The molecule has 1 aromatic rings. The molecule has 3 N–H and O–H groups in total. The Kier molecular flexibility index (Phi) is 4.34. The molecule has 2 rings (SSSR count). The Hall–Kier alpha value is -0.680. The molecule has 94 valence electrons. The average Bonchev–Trinajstić information content (AvgIpc) is 2.37. The highest BCUT2D eigenvalue weighted by molar-refractivity contribution is 6.30. The monoisotopic (exact) mass is 258 g/mol. The lowest BCUT2D eigenvalue weighted by Crippen LogP contribution is -2.36. The number of benzene rings is 1. The van der Waals surface area contributed by atoms with E-state index in [0.717, 1.165) is 12.8 Å². The number of hydrogen-bond donors (Lipinski definition) is 2. The lowest BCUT2D eigenvalue weighted by Gasteiger charge is -2.30. The van der Waals surface area contributed by atoms with E-state index in [4.69, 9.17) is 22.2 Å². The number of halogens is 2. The smallest absolute Gasteiger partial charge is 0.146 e. The van der Waals surface area contributed by atoms with E-state index >= 15 is 0 Å². The molecule has 0 aliphatic carbocycles. The van der Waals surface area contributed by atoms with Gasteiger partial charge in [-0.05, 0) is 24.8 Å². The number of hydrazine groups is 1. The Morgan fingerprint density at radius 2 is 2.12 bits per heavy atom. The minimum Gasteiger partial charge on any atom is -0.381 e. The van der Waals surface area contributed by atoms with Gasteiger partial charge in [-0.15, -0.1) is 0 Å². The third kappa shape index (κ3) is 2.77. The van der Waals surface area contributed by atoms with E-state index in [0.29, 0.717) is 18.8 Å². The second-order valence-electron chi connectivity index (χ2n) is 4.24. The van der Waals surface area contributed by atoms with E-state index in [2.05, 4.69) is 5.43 Å². The Morgan fingerprint density at radius 3 is 2.76 bits per heavy atom. The fourth-order valence-electron chi connectivity index (χ4n) is 2.29. The summed E-state index contributed by atoms with van der Waals surface area (Å²) in [5.41, 5.74) is 3.24. The van der Waals surface area contributed by atoms with Crippen LogP contribution in [0, 0.1) is 11.7 Å². The lowest BCUT2D eigenvalue weighted by atomic mass is 9.87. The van der Waals surface area contributed by atoms with Crippen LogP contribution in [0.5, 0.6) is 0 Å². The first-order chi connectivity index (χ1) is 8.24. The molecule has 1 unspecified atom stereocenters. The van der Waals surface area contributed by atoms with Crippen LogP contribution in [0.1, 0.15) is 24.4 Å². The molecule has 0 aromatic heterocycles. The molecule has 0 spiro atoms. The summed E-state index contributed by atoms with van der Waals surface area (Å²) in [4.78, 5) is 0. The van der Waals surface area contributed by atoms with Crippen LogP contribution in [0.4, 0.5) is 4.39 Å². The zero-order chi connectivity index (χ0) is 12.3. The maximum atomic E-state index is 13.9. The van der Waals surface area contributed by atoms with Gasteiger partial charge in [0, 0.05) is 18.8 Å². The van der Waals surface area contributed by atoms with Gasteiger partial charge >= 0.3 is 0 Å². The van der Waals surface area contributed by atoms with E-state index in [-0.39, 0.29) is 22.8 Å². The number of hydrogen-bond acceptors (Lipinski definition) is 3. The second-order valence-corrected chi connectivity index (χ2v) is 4.64. The van der Waals surface area contributed by atoms with E-state index in [1.807, 2.05) is 0 Å². The topological polar surface area (TPSA) is 47.3 Å². The minimum absolute atomic E-state index is 0.134. The van der Waals surface area contributed by atoms with E-state index in [1.54, 1.807) is 12.1 Å². The summed E-state index contributed by atoms with van der Waals surface area (Å²) in [5, 5.41) is 0.134. The zero-order valence-corrected chi connectivity index (χ0v) is 10.2. The van der Waals surface area contributed by atoms with Crippen molar-refractivity contribution in [1.29, 1.82) is 0 Å². The summed E-state index contributed by atoms with van der Waals surface area (Å²) in [6, 6.07) is 4.79. The van der Waals surface area contributed by atoms with Gasteiger partial charge in [-0.2, -0.15) is 0 Å². The molecule has 1 aliphatic rings. The van der Waals surface area contributed by atoms with Crippen LogP contribution in [0.3, 0.4) is 0 Å². The third-order valence-corrected chi connectivity index (χ3v) is 3.53. The van der Waals surface area contributed by atoms with Gasteiger partial charge in [0.25, 0.3) is 0 Å². The van der Waals surface area contributed by atoms with Gasteiger partial charge in [0.1, 0.15) is 5.82 Å². The summed E-state index contributed by atoms with van der Waals surface area (Å²) in [7, 11) is 0. The molecule has 3 nitrogen and oxygen atoms in total. The van der Waals surface area contributed by atoms with Crippen LogP contribution in [0.25, 0.3) is 0 Å². The van der Waals surface area contributed by atoms with Crippen molar-refractivity contribution in [3.05, 3.63) is 34.6 Å². The highest BCUT2D eigenvalue weighted by Gasteiger charge is 2.27. The molecular weight excluding hydrogens is 243 g/mol. The predicted molar refractivity (Wildman–Crippen MR) is 65.0 cm³/mol. The van der Waals surface area contributed by atoms with Crippen LogP contribution in [0.15, 0.2) is 18.2 Å². The second kappa shape index (κ2) is 5.78. The predicted octanol–water partition coefficient (Wildman–Crippen LogP) is 2.41. The highest BCUT2D eigenvalue weighted by atomic mass is 35.5. The van der Waals surface area contributed by atoms with Gasteiger partial charge < -0.3 is 4.74 Å². The van der Waals surface area contributed by atoms with Gasteiger partial charge in [0.2, 0.25) is 0 Å². The van der Waals surface area contributed by atoms with Crippen LogP contribution >= 0.6 is 11.6 Å². The number of nitrogens with two attached hydrogens (primary N) is 1. The largest absolute Gasteiger partial charge is 0.381 e. The highest BCUT2D eigenvalue weighted by Crippen LogP contribution is 2.32. The van der Waals surface area contributed by atoms with Crippen molar-refractivity contribution in [1.82, 2.24) is 5.43 Å². The molecule has 1 saturated heterocycles. The quantitative estimate of drug-likeness (QED) is 0.647. The molecule has 5 heteroatoms. The van der Waals surface area contributed by atoms with Crippen molar-refractivity contribution < 1.29 is 9.13 Å². The molecule has 0 amide bonds. The summed E-state index contributed by atoms with van der Waals surface area (Å²) >= 11 is 5.79. The summed E-state index contributed by atoms with van der Waals surface area (Å²) in [6.45, 7) is 1.40. The van der Waals surface area contributed by atoms with Crippen molar-refractivity contribution in [3.8, 4) is 0 Å². The maximum absolute atomic E-state index is 13.9. The molecule has 1 aromatic carbocycles. The summed E-state index contributed by atoms with van der Waals surface area (Å²) < 4.78 is 19.2. The van der Waals surface area contributed by atoms with Crippen LogP contribution in [-0.2, 0) is 4.74 Å². The van der Waals surface area contributed by atoms with E-state index in [9.17, 15) is 4.39 Å². The van der Waals surface area contributed by atoms with Crippen LogP contribution < -0.4 is 11.3 Å². The Bertz CT molecular complexity index is 383. The van der Waals surface area contributed by atoms with E-state index < -0.39 is 0 Å².